The van der Waals surface area contributed by atoms with Crippen molar-refractivity contribution in [2.24, 2.45) is 5.92 Å². The van der Waals surface area contributed by atoms with Gasteiger partial charge in [0.2, 0.25) is 0 Å². The SMILES string of the molecule is Cc1c(C(=O)NCC2CCC2)nnn1-c1cccc2ncccc12. The molecule has 1 aliphatic rings. The van der Waals surface area contributed by atoms with Crippen molar-refractivity contribution in [1.82, 2.24) is 25.3 Å². The van der Waals surface area contributed by atoms with Crippen LogP contribution in [0, 0.1) is 12.8 Å². The summed E-state index contributed by atoms with van der Waals surface area (Å²) in [5, 5.41) is 12.3. The first kappa shape index (κ1) is 14.8. The molecule has 3 aromatic rings. The van der Waals surface area contributed by atoms with Gasteiger partial charge in [-0.05, 0) is 49.9 Å². The topological polar surface area (TPSA) is 72.7 Å². The maximum atomic E-state index is 12.4. The summed E-state index contributed by atoms with van der Waals surface area (Å²) in [5.41, 5.74) is 2.89. The van der Waals surface area contributed by atoms with Crippen molar-refractivity contribution in [1.29, 1.82) is 0 Å². The predicted octanol–water partition coefficient (Wildman–Crippen LogP) is 2.65. The van der Waals surface area contributed by atoms with Gasteiger partial charge in [0.15, 0.2) is 5.69 Å². The highest BCUT2D eigenvalue weighted by Crippen LogP contribution is 2.25. The van der Waals surface area contributed by atoms with E-state index >= 15 is 0 Å². The Hall–Kier alpha value is -2.76. The van der Waals surface area contributed by atoms with E-state index in [4.69, 9.17) is 0 Å². The molecule has 1 aliphatic carbocycles. The molecular formula is C18H19N5O. The largest absolute Gasteiger partial charge is 0.350 e. The highest BCUT2D eigenvalue weighted by molar-refractivity contribution is 5.94. The van der Waals surface area contributed by atoms with Gasteiger partial charge in [-0.25, -0.2) is 4.68 Å². The summed E-state index contributed by atoms with van der Waals surface area (Å²) < 4.78 is 1.71. The molecule has 0 spiro atoms. The minimum atomic E-state index is -0.149. The van der Waals surface area contributed by atoms with Crippen LogP contribution in [-0.4, -0.2) is 32.4 Å². The molecule has 2 aromatic heterocycles. The third-order valence-electron chi connectivity index (χ3n) is 4.74. The molecule has 1 fully saturated rings. The summed E-state index contributed by atoms with van der Waals surface area (Å²) in [6.07, 6.45) is 5.44. The van der Waals surface area contributed by atoms with Gasteiger partial charge in [-0.1, -0.05) is 17.7 Å². The molecule has 1 saturated carbocycles. The van der Waals surface area contributed by atoms with Gasteiger partial charge >= 0.3 is 0 Å². The number of carbonyl (C=O) groups is 1. The number of rotatable bonds is 4. The number of fused-ring (bicyclic) bond motifs is 1. The summed E-state index contributed by atoms with van der Waals surface area (Å²) in [4.78, 5) is 16.7. The van der Waals surface area contributed by atoms with Crippen LogP contribution in [-0.2, 0) is 0 Å². The van der Waals surface area contributed by atoms with Crippen molar-refractivity contribution in [3.05, 3.63) is 47.9 Å². The van der Waals surface area contributed by atoms with E-state index in [1.54, 1.807) is 10.9 Å². The monoisotopic (exact) mass is 321 g/mol. The van der Waals surface area contributed by atoms with Crippen LogP contribution in [0.1, 0.15) is 35.4 Å². The molecule has 122 valence electrons. The number of amides is 1. The highest BCUT2D eigenvalue weighted by Gasteiger charge is 2.21. The van der Waals surface area contributed by atoms with E-state index in [2.05, 4.69) is 20.6 Å². The Labute approximate surface area is 139 Å². The molecule has 6 heteroatoms. The molecule has 0 unspecified atom stereocenters. The standard InChI is InChI=1S/C18H19N5O/c1-12-17(18(24)20-11-13-5-2-6-13)21-22-23(12)16-9-3-8-15-14(16)7-4-10-19-15/h3-4,7-10,13H,2,5-6,11H2,1H3,(H,20,24). The lowest BCUT2D eigenvalue weighted by molar-refractivity contribution is 0.0933. The van der Waals surface area contributed by atoms with Crippen LogP contribution in [0.15, 0.2) is 36.5 Å². The van der Waals surface area contributed by atoms with Gasteiger partial charge in [0.05, 0.1) is 16.9 Å². The number of nitrogens with zero attached hydrogens (tertiary/aromatic N) is 4. The number of benzene rings is 1. The van der Waals surface area contributed by atoms with E-state index in [0.29, 0.717) is 11.6 Å². The van der Waals surface area contributed by atoms with Crippen LogP contribution in [0.2, 0.25) is 0 Å². The average Bonchev–Trinajstić information content (AvgIpc) is 2.94. The first-order valence-corrected chi connectivity index (χ1v) is 8.28. The Balaban J connectivity index is 1.64. The molecular weight excluding hydrogens is 302 g/mol. The Kier molecular flexibility index (Phi) is 3.72. The van der Waals surface area contributed by atoms with Crippen LogP contribution >= 0.6 is 0 Å². The van der Waals surface area contributed by atoms with Crippen molar-refractivity contribution in [3.8, 4) is 5.69 Å². The summed E-state index contributed by atoms with van der Waals surface area (Å²) in [7, 11) is 0. The third kappa shape index (κ3) is 2.54. The molecule has 6 nitrogen and oxygen atoms in total. The Morgan fingerprint density at radius 1 is 1.29 bits per heavy atom. The number of carbonyl (C=O) groups excluding carboxylic acids is 1. The summed E-state index contributed by atoms with van der Waals surface area (Å²) in [5.74, 6) is 0.470. The first-order chi connectivity index (χ1) is 11.7. The van der Waals surface area contributed by atoms with Crippen molar-refractivity contribution < 1.29 is 4.79 Å². The minimum absolute atomic E-state index is 0.149. The molecule has 0 atom stereocenters. The zero-order valence-electron chi connectivity index (χ0n) is 13.6. The molecule has 0 radical (unpaired) electrons. The lowest BCUT2D eigenvalue weighted by Gasteiger charge is -2.25. The predicted molar refractivity (Wildman–Crippen MR) is 91.1 cm³/mol. The molecule has 1 aromatic carbocycles. The van der Waals surface area contributed by atoms with Crippen molar-refractivity contribution in [3.63, 3.8) is 0 Å². The van der Waals surface area contributed by atoms with Gasteiger partial charge < -0.3 is 5.32 Å². The number of nitrogens with one attached hydrogen (secondary N) is 1. The van der Waals surface area contributed by atoms with Crippen molar-refractivity contribution in [2.45, 2.75) is 26.2 Å². The highest BCUT2D eigenvalue weighted by atomic mass is 16.2. The lowest BCUT2D eigenvalue weighted by Crippen LogP contribution is -2.32. The minimum Gasteiger partial charge on any atom is -0.350 e. The van der Waals surface area contributed by atoms with Gasteiger partial charge in [-0.3, -0.25) is 9.78 Å². The second-order valence-electron chi connectivity index (χ2n) is 6.29. The smallest absolute Gasteiger partial charge is 0.273 e. The zero-order chi connectivity index (χ0) is 16.5. The van der Waals surface area contributed by atoms with Gasteiger partial charge in [-0.2, -0.15) is 0 Å². The van der Waals surface area contributed by atoms with Gasteiger partial charge in [0, 0.05) is 18.1 Å². The lowest BCUT2D eigenvalue weighted by atomic mass is 9.85. The van der Waals surface area contributed by atoms with Crippen LogP contribution in [0.5, 0.6) is 0 Å². The van der Waals surface area contributed by atoms with Gasteiger partial charge in [0.25, 0.3) is 5.91 Å². The Bertz CT molecular complexity index is 892. The molecule has 0 bridgehead atoms. The van der Waals surface area contributed by atoms with Gasteiger partial charge in [-0.15, -0.1) is 5.10 Å². The average molecular weight is 321 g/mol. The number of hydrogen-bond acceptors (Lipinski definition) is 4. The number of hydrogen-bond donors (Lipinski definition) is 1. The molecule has 1 amide bonds. The molecule has 1 N–H and O–H groups in total. The number of aromatic nitrogens is 4. The fourth-order valence-electron chi connectivity index (χ4n) is 3.06. The van der Waals surface area contributed by atoms with E-state index in [9.17, 15) is 4.79 Å². The molecule has 24 heavy (non-hydrogen) atoms. The Morgan fingerprint density at radius 3 is 2.96 bits per heavy atom. The Morgan fingerprint density at radius 2 is 2.17 bits per heavy atom. The van der Waals surface area contributed by atoms with Crippen LogP contribution in [0.3, 0.4) is 0 Å². The van der Waals surface area contributed by atoms with Crippen LogP contribution in [0.4, 0.5) is 0 Å². The zero-order valence-corrected chi connectivity index (χ0v) is 13.6. The number of pyridine rings is 1. The maximum Gasteiger partial charge on any atom is 0.273 e. The van der Waals surface area contributed by atoms with E-state index < -0.39 is 0 Å². The van der Waals surface area contributed by atoms with Crippen molar-refractivity contribution in [2.75, 3.05) is 6.54 Å². The quantitative estimate of drug-likeness (QED) is 0.802. The maximum absolute atomic E-state index is 12.4. The van der Waals surface area contributed by atoms with E-state index in [1.165, 1.54) is 19.3 Å². The normalized spacial score (nSPS) is 14.5. The first-order valence-electron chi connectivity index (χ1n) is 8.28. The van der Waals surface area contributed by atoms with E-state index in [-0.39, 0.29) is 5.91 Å². The van der Waals surface area contributed by atoms with Crippen LogP contribution in [0.25, 0.3) is 16.6 Å². The molecule has 4 rings (SSSR count). The third-order valence-corrected chi connectivity index (χ3v) is 4.74. The summed E-state index contributed by atoms with van der Waals surface area (Å²) in [6.45, 7) is 2.59. The molecule has 0 saturated heterocycles. The van der Waals surface area contributed by atoms with E-state index in [0.717, 1.165) is 28.8 Å². The second kappa shape index (κ2) is 6.03. The van der Waals surface area contributed by atoms with Crippen LogP contribution < -0.4 is 5.32 Å². The second-order valence-corrected chi connectivity index (χ2v) is 6.29. The fraction of sp³-hybridized carbons (Fsp3) is 0.333. The molecule has 0 aliphatic heterocycles. The van der Waals surface area contributed by atoms with Crippen molar-refractivity contribution >= 4 is 16.8 Å². The summed E-state index contributed by atoms with van der Waals surface area (Å²) >= 11 is 0. The fourth-order valence-corrected chi connectivity index (χ4v) is 3.06. The molecule has 2 heterocycles. The van der Waals surface area contributed by atoms with Gasteiger partial charge in [0.1, 0.15) is 0 Å². The van der Waals surface area contributed by atoms with E-state index in [1.807, 2.05) is 37.3 Å². The summed E-state index contributed by atoms with van der Waals surface area (Å²) in [6, 6.07) is 9.74.